The van der Waals surface area contributed by atoms with Crippen LogP contribution in [0.1, 0.15) is 16.7 Å². The number of rotatable bonds is 3. The minimum absolute atomic E-state index is 0.0135. The van der Waals surface area contributed by atoms with Crippen LogP contribution < -0.4 is 4.74 Å². The maximum atomic E-state index is 13.3. The number of benzene rings is 1. The molecule has 0 fully saturated rings. The van der Waals surface area contributed by atoms with Crippen LogP contribution >= 0.6 is 0 Å². The van der Waals surface area contributed by atoms with Crippen LogP contribution in [0.15, 0.2) is 36.7 Å². The molecule has 0 spiro atoms. The Morgan fingerprint density at radius 3 is 2.83 bits per heavy atom. The van der Waals surface area contributed by atoms with Crippen LogP contribution in [0.3, 0.4) is 0 Å². The van der Waals surface area contributed by atoms with E-state index in [2.05, 4.69) is 4.98 Å². The number of pyridine rings is 1. The van der Waals surface area contributed by atoms with Crippen molar-refractivity contribution in [3.63, 3.8) is 0 Å². The van der Waals surface area contributed by atoms with E-state index in [1.54, 1.807) is 24.5 Å². The summed E-state index contributed by atoms with van der Waals surface area (Å²) in [5, 5.41) is 8.61. The first-order chi connectivity index (χ1) is 8.69. The van der Waals surface area contributed by atoms with Crippen molar-refractivity contribution in [2.75, 3.05) is 0 Å². The molecule has 0 bridgehead atoms. The van der Waals surface area contributed by atoms with Crippen LogP contribution in [0.25, 0.3) is 0 Å². The van der Waals surface area contributed by atoms with E-state index < -0.39 is 5.82 Å². The summed E-state index contributed by atoms with van der Waals surface area (Å²) < 4.78 is 18.8. The highest BCUT2D eigenvalue weighted by molar-refractivity contribution is 5.36. The van der Waals surface area contributed by atoms with Gasteiger partial charge in [-0.2, -0.15) is 5.26 Å². The Bertz CT molecular complexity index is 605. The Kier molecular flexibility index (Phi) is 3.54. The third kappa shape index (κ3) is 2.83. The smallest absolute Gasteiger partial charge is 0.144 e. The monoisotopic (exact) mass is 242 g/mol. The van der Waals surface area contributed by atoms with Gasteiger partial charge in [-0.3, -0.25) is 4.98 Å². The predicted molar refractivity (Wildman–Crippen MR) is 64.4 cm³/mol. The number of nitriles is 1. The molecule has 0 saturated heterocycles. The van der Waals surface area contributed by atoms with E-state index in [0.29, 0.717) is 12.4 Å². The van der Waals surface area contributed by atoms with Crippen molar-refractivity contribution in [2.45, 2.75) is 13.5 Å². The van der Waals surface area contributed by atoms with Crippen LogP contribution in [0.2, 0.25) is 0 Å². The van der Waals surface area contributed by atoms with Gasteiger partial charge in [0, 0.05) is 24.0 Å². The lowest BCUT2D eigenvalue weighted by Gasteiger charge is -2.06. The van der Waals surface area contributed by atoms with Gasteiger partial charge in [-0.05, 0) is 30.7 Å². The Morgan fingerprint density at radius 1 is 1.33 bits per heavy atom. The summed E-state index contributed by atoms with van der Waals surface area (Å²) in [5.41, 5.74) is 1.97. The lowest BCUT2D eigenvalue weighted by atomic mass is 10.2. The number of ether oxygens (including phenoxy) is 1. The SMILES string of the molecule is Cc1cncc(COc2ccc(C#N)c(F)c2)c1. The van der Waals surface area contributed by atoms with Gasteiger partial charge in [0.25, 0.3) is 0 Å². The average molecular weight is 242 g/mol. The van der Waals surface area contributed by atoms with Gasteiger partial charge in [0.2, 0.25) is 0 Å². The Morgan fingerprint density at radius 2 is 2.17 bits per heavy atom. The van der Waals surface area contributed by atoms with Crippen LogP contribution in [-0.2, 0) is 6.61 Å². The number of hydrogen-bond donors (Lipinski definition) is 0. The molecule has 90 valence electrons. The summed E-state index contributed by atoms with van der Waals surface area (Å²) in [5.74, 6) is -0.176. The van der Waals surface area contributed by atoms with Gasteiger partial charge < -0.3 is 4.74 Å². The molecule has 4 heteroatoms. The summed E-state index contributed by atoms with van der Waals surface area (Å²) in [6, 6.07) is 7.90. The molecule has 2 rings (SSSR count). The van der Waals surface area contributed by atoms with Gasteiger partial charge in [-0.25, -0.2) is 4.39 Å². The molecule has 1 aromatic carbocycles. The predicted octanol–water partition coefficient (Wildman–Crippen LogP) is 2.98. The zero-order valence-corrected chi connectivity index (χ0v) is 9.85. The van der Waals surface area contributed by atoms with Crippen molar-refractivity contribution in [2.24, 2.45) is 0 Å². The molecule has 0 N–H and O–H groups in total. The third-order valence-electron chi connectivity index (χ3n) is 2.40. The van der Waals surface area contributed by atoms with Crippen LogP contribution in [0.5, 0.6) is 5.75 Å². The topological polar surface area (TPSA) is 45.9 Å². The van der Waals surface area contributed by atoms with E-state index in [4.69, 9.17) is 10.00 Å². The van der Waals surface area contributed by atoms with E-state index in [0.717, 1.165) is 11.1 Å². The Hall–Kier alpha value is -2.41. The number of hydrogen-bond acceptors (Lipinski definition) is 3. The molecule has 3 nitrogen and oxygen atoms in total. The first-order valence-corrected chi connectivity index (χ1v) is 5.42. The summed E-state index contributed by atoms with van der Waals surface area (Å²) in [4.78, 5) is 4.04. The Balaban J connectivity index is 2.07. The summed E-state index contributed by atoms with van der Waals surface area (Å²) in [6.45, 7) is 2.26. The van der Waals surface area contributed by atoms with Gasteiger partial charge in [0.15, 0.2) is 0 Å². The zero-order chi connectivity index (χ0) is 13.0. The fourth-order valence-corrected chi connectivity index (χ4v) is 1.54. The van der Waals surface area contributed by atoms with Crippen molar-refractivity contribution in [1.29, 1.82) is 5.26 Å². The molecule has 0 amide bonds. The second kappa shape index (κ2) is 5.28. The van der Waals surface area contributed by atoms with E-state index in [9.17, 15) is 4.39 Å². The first-order valence-electron chi connectivity index (χ1n) is 5.42. The van der Waals surface area contributed by atoms with E-state index in [-0.39, 0.29) is 5.56 Å². The standard InChI is InChI=1S/C14H11FN2O/c1-10-4-11(8-17-7-10)9-18-13-3-2-12(6-16)14(15)5-13/h2-5,7-8H,9H2,1H3. The van der Waals surface area contributed by atoms with E-state index >= 15 is 0 Å². The molecular weight excluding hydrogens is 231 g/mol. The molecule has 0 aliphatic heterocycles. The molecule has 0 aliphatic rings. The normalized spacial score (nSPS) is 9.83. The van der Waals surface area contributed by atoms with Gasteiger partial charge in [-0.15, -0.1) is 0 Å². The fourth-order valence-electron chi connectivity index (χ4n) is 1.54. The summed E-state index contributed by atoms with van der Waals surface area (Å²) in [7, 11) is 0. The highest BCUT2D eigenvalue weighted by Crippen LogP contribution is 2.17. The maximum Gasteiger partial charge on any atom is 0.144 e. The lowest BCUT2D eigenvalue weighted by Crippen LogP contribution is -1.97. The minimum atomic E-state index is -0.572. The molecule has 0 unspecified atom stereocenters. The Labute approximate surface area is 104 Å². The molecule has 1 heterocycles. The second-order valence-corrected chi connectivity index (χ2v) is 3.91. The highest BCUT2D eigenvalue weighted by Gasteiger charge is 2.03. The highest BCUT2D eigenvalue weighted by atomic mass is 19.1. The minimum Gasteiger partial charge on any atom is -0.489 e. The lowest BCUT2D eigenvalue weighted by molar-refractivity contribution is 0.304. The van der Waals surface area contributed by atoms with E-state index in [1.165, 1.54) is 12.1 Å². The molecule has 1 aromatic heterocycles. The van der Waals surface area contributed by atoms with Crippen molar-refractivity contribution in [1.82, 2.24) is 4.98 Å². The largest absolute Gasteiger partial charge is 0.489 e. The fraction of sp³-hybridized carbons (Fsp3) is 0.143. The maximum absolute atomic E-state index is 13.3. The number of aryl methyl sites for hydroxylation is 1. The van der Waals surface area contributed by atoms with E-state index in [1.807, 2.05) is 13.0 Å². The summed E-state index contributed by atoms with van der Waals surface area (Å²) >= 11 is 0. The van der Waals surface area contributed by atoms with Gasteiger partial charge in [0.05, 0.1) is 5.56 Å². The second-order valence-electron chi connectivity index (χ2n) is 3.91. The molecule has 0 atom stereocenters. The van der Waals surface area contributed by atoms with Gasteiger partial charge in [0.1, 0.15) is 24.2 Å². The first kappa shape index (κ1) is 12.1. The van der Waals surface area contributed by atoms with Crippen molar-refractivity contribution in [3.05, 3.63) is 59.2 Å². The molecule has 0 saturated carbocycles. The number of halogens is 1. The van der Waals surface area contributed by atoms with Crippen molar-refractivity contribution in [3.8, 4) is 11.8 Å². The molecule has 0 aliphatic carbocycles. The van der Waals surface area contributed by atoms with Gasteiger partial charge in [-0.1, -0.05) is 0 Å². The quantitative estimate of drug-likeness (QED) is 0.831. The number of nitrogens with zero attached hydrogens (tertiary/aromatic N) is 2. The molecule has 0 radical (unpaired) electrons. The molecule has 2 aromatic rings. The third-order valence-corrected chi connectivity index (χ3v) is 2.40. The summed E-state index contributed by atoms with van der Waals surface area (Å²) in [6.07, 6.45) is 3.46. The van der Waals surface area contributed by atoms with Gasteiger partial charge >= 0.3 is 0 Å². The van der Waals surface area contributed by atoms with Crippen molar-refractivity contribution < 1.29 is 9.13 Å². The number of aromatic nitrogens is 1. The van der Waals surface area contributed by atoms with Crippen LogP contribution in [-0.4, -0.2) is 4.98 Å². The van der Waals surface area contributed by atoms with Crippen molar-refractivity contribution >= 4 is 0 Å². The molecular formula is C14H11FN2O. The van der Waals surface area contributed by atoms with Crippen LogP contribution in [0, 0.1) is 24.1 Å². The zero-order valence-electron chi connectivity index (χ0n) is 9.85. The van der Waals surface area contributed by atoms with Crippen LogP contribution in [0.4, 0.5) is 4.39 Å². The average Bonchev–Trinajstić information content (AvgIpc) is 2.37. The molecule has 18 heavy (non-hydrogen) atoms.